The van der Waals surface area contributed by atoms with Crippen molar-refractivity contribution in [3.63, 3.8) is 0 Å². The zero-order chi connectivity index (χ0) is 15.1. The number of benzene rings is 2. The Morgan fingerprint density at radius 2 is 2.00 bits per heavy atom. The van der Waals surface area contributed by atoms with E-state index in [4.69, 9.17) is 4.74 Å². The van der Waals surface area contributed by atoms with Crippen LogP contribution in [0.4, 0.5) is 5.69 Å². The van der Waals surface area contributed by atoms with Crippen LogP contribution in [0.2, 0.25) is 0 Å². The summed E-state index contributed by atoms with van der Waals surface area (Å²) < 4.78 is 5.65. The van der Waals surface area contributed by atoms with Gasteiger partial charge in [-0.25, -0.2) is 0 Å². The van der Waals surface area contributed by atoms with Crippen LogP contribution in [0.3, 0.4) is 0 Å². The summed E-state index contributed by atoms with van der Waals surface area (Å²) in [6.45, 7) is 3.82. The molecule has 1 N–H and O–H groups in total. The first-order valence-corrected chi connectivity index (χ1v) is 6.91. The van der Waals surface area contributed by atoms with Gasteiger partial charge in [-0.15, -0.1) is 0 Å². The largest absolute Gasteiger partial charge is 0.450 e. The molecule has 110 valence electrons. The van der Waals surface area contributed by atoms with Crippen molar-refractivity contribution in [3.05, 3.63) is 64.2 Å². The zero-order valence-corrected chi connectivity index (χ0v) is 11.9. The van der Waals surface area contributed by atoms with E-state index >= 15 is 0 Å². The molecule has 0 aliphatic carbocycles. The molecule has 5 heteroatoms. The van der Waals surface area contributed by atoms with Crippen molar-refractivity contribution in [1.29, 1.82) is 0 Å². The fourth-order valence-corrected chi connectivity index (χ4v) is 1.95. The molecule has 0 aliphatic rings. The van der Waals surface area contributed by atoms with Gasteiger partial charge in [-0.3, -0.25) is 10.1 Å². The Hall–Kier alpha value is -2.40. The normalized spacial score (nSPS) is 10.3. The van der Waals surface area contributed by atoms with Gasteiger partial charge in [0.1, 0.15) is 5.75 Å². The Morgan fingerprint density at radius 3 is 2.76 bits per heavy atom. The maximum absolute atomic E-state index is 11.0. The molecule has 0 spiro atoms. The van der Waals surface area contributed by atoms with Crippen molar-refractivity contribution >= 4 is 5.69 Å². The van der Waals surface area contributed by atoms with E-state index in [1.807, 2.05) is 18.2 Å². The summed E-state index contributed by atoms with van der Waals surface area (Å²) in [5, 5.41) is 14.3. The van der Waals surface area contributed by atoms with Crippen molar-refractivity contribution in [2.45, 2.75) is 19.9 Å². The molecule has 0 saturated carbocycles. The van der Waals surface area contributed by atoms with Crippen molar-refractivity contribution in [2.75, 3.05) is 6.54 Å². The van der Waals surface area contributed by atoms with E-state index in [0.717, 1.165) is 25.1 Å². The maximum Gasteiger partial charge on any atom is 0.311 e. The molecule has 0 unspecified atom stereocenters. The Labute approximate surface area is 123 Å². The van der Waals surface area contributed by atoms with E-state index in [9.17, 15) is 10.1 Å². The predicted octanol–water partition coefficient (Wildman–Crippen LogP) is 3.89. The molecular formula is C16H18N2O3. The lowest BCUT2D eigenvalue weighted by molar-refractivity contribution is -0.385. The molecule has 2 rings (SSSR count). The first-order valence-electron chi connectivity index (χ1n) is 6.91. The Morgan fingerprint density at radius 1 is 1.19 bits per heavy atom. The summed E-state index contributed by atoms with van der Waals surface area (Å²) in [5.74, 6) is 0.848. The van der Waals surface area contributed by atoms with E-state index in [1.165, 1.54) is 6.07 Å². The quantitative estimate of drug-likeness (QED) is 0.476. The number of nitro benzene ring substituents is 1. The number of rotatable bonds is 7. The van der Waals surface area contributed by atoms with Crippen LogP contribution in [0.25, 0.3) is 0 Å². The zero-order valence-electron chi connectivity index (χ0n) is 11.9. The molecule has 0 heterocycles. The van der Waals surface area contributed by atoms with Crippen LogP contribution < -0.4 is 10.1 Å². The Balaban J connectivity index is 2.13. The van der Waals surface area contributed by atoms with Crippen molar-refractivity contribution in [3.8, 4) is 11.5 Å². The number of nitrogens with zero attached hydrogens (tertiary/aromatic N) is 1. The topological polar surface area (TPSA) is 64.4 Å². The molecule has 0 aromatic heterocycles. The van der Waals surface area contributed by atoms with Crippen LogP contribution in [-0.2, 0) is 6.54 Å². The van der Waals surface area contributed by atoms with Crippen LogP contribution in [0.15, 0.2) is 48.5 Å². The molecule has 2 aromatic carbocycles. The molecule has 2 aromatic rings. The van der Waals surface area contributed by atoms with Crippen LogP contribution in [0.5, 0.6) is 11.5 Å². The van der Waals surface area contributed by atoms with Gasteiger partial charge in [-0.2, -0.15) is 0 Å². The van der Waals surface area contributed by atoms with Crippen LogP contribution in [0, 0.1) is 10.1 Å². The average Bonchev–Trinajstić information content (AvgIpc) is 2.48. The molecular weight excluding hydrogens is 268 g/mol. The van der Waals surface area contributed by atoms with E-state index in [-0.39, 0.29) is 11.4 Å². The highest BCUT2D eigenvalue weighted by molar-refractivity contribution is 5.48. The first kappa shape index (κ1) is 15.0. The van der Waals surface area contributed by atoms with Gasteiger partial charge in [0.25, 0.3) is 0 Å². The number of nitrogens with one attached hydrogen (secondary N) is 1. The second kappa shape index (κ2) is 7.40. The summed E-state index contributed by atoms with van der Waals surface area (Å²) in [6, 6.07) is 13.9. The average molecular weight is 286 g/mol. The highest BCUT2D eigenvalue weighted by atomic mass is 16.6. The van der Waals surface area contributed by atoms with Crippen molar-refractivity contribution < 1.29 is 9.66 Å². The van der Waals surface area contributed by atoms with E-state index in [1.54, 1.807) is 24.3 Å². The number of hydrogen-bond acceptors (Lipinski definition) is 4. The maximum atomic E-state index is 11.0. The highest BCUT2D eigenvalue weighted by Crippen LogP contribution is 2.30. The van der Waals surface area contributed by atoms with Gasteiger partial charge < -0.3 is 10.1 Å². The molecule has 0 fully saturated rings. The lowest BCUT2D eigenvalue weighted by Crippen LogP contribution is -2.13. The lowest BCUT2D eigenvalue weighted by Gasteiger charge is -2.08. The van der Waals surface area contributed by atoms with Crippen LogP contribution in [0.1, 0.15) is 18.9 Å². The fraction of sp³-hybridized carbons (Fsp3) is 0.250. The molecule has 0 saturated heterocycles. The molecule has 21 heavy (non-hydrogen) atoms. The third kappa shape index (κ3) is 4.29. The number of nitro groups is 1. The molecule has 0 aliphatic heterocycles. The highest BCUT2D eigenvalue weighted by Gasteiger charge is 2.14. The van der Waals surface area contributed by atoms with Crippen LogP contribution >= 0.6 is 0 Å². The SMILES string of the molecule is CCCNCc1cccc(Oc2ccccc2[N+](=O)[O-])c1. The van der Waals surface area contributed by atoms with E-state index < -0.39 is 4.92 Å². The summed E-state index contributed by atoms with van der Waals surface area (Å²) >= 11 is 0. The van der Waals surface area contributed by atoms with E-state index in [0.29, 0.717) is 5.75 Å². The lowest BCUT2D eigenvalue weighted by atomic mass is 10.2. The fourth-order valence-electron chi connectivity index (χ4n) is 1.95. The van der Waals surface area contributed by atoms with Gasteiger partial charge >= 0.3 is 5.69 Å². The van der Waals surface area contributed by atoms with Gasteiger partial charge in [0.05, 0.1) is 4.92 Å². The Bertz CT molecular complexity index is 614. The third-order valence-corrected chi connectivity index (χ3v) is 2.94. The molecule has 0 amide bonds. The summed E-state index contributed by atoms with van der Waals surface area (Å²) in [6.07, 6.45) is 1.08. The van der Waals surface area contributed by atoms with Gasteiger partial charge in [0, 0.05) is 12.6 Å². The van der Waals surface area contributed by atoms with Gasteiger partial charge in [0.2, 0.25) is 5.75 Å². The van der Waals surface area contributed by atoms with Crippen LogP contribution in [-0.4, -0.2) is 11.5 Å². The van der Waals surface area contributed by atoms with E-state index in [2.05, 4.69) is 12.2 Å². The third-order valence-electron chi connectivity index (χ3n) is 2.94. The summed E-state index contributed by atoms with van der Waals surface area (Å²) in [7, 11) is 0. The first-order chi connectivity index (χ1) is 10.2. The predicted molar refractivity (Wildman–Crippen MR) is 81.6 cm³/mol. The molecule has 0 radical (unpaired) electrons. The summed E-state index contributed by atoms with van der Waals surface area (Å²) in [5.41, 5.74) is 1.05. The minimum atomic E-state index is -0.442. The second-order valence-electron chi connectivity index (χ2n) is 4.65. The van der Waals surface area contributed by atoms with Crippen molar-refractivity contribution in [1.82, 2.24) is 5.32 Å². The Kier molecular flexibility index (Phi) is 5.29. The number of hydrogen-bond donors (Lipinski definition) is 1. The van der Waals surface area contributed by atoms with Gasteiger partial charge in [0.15, 0.2) is 0 Å². The van der Waals surface area contributed by atoms with Gasteiger partial charge in [-0.1, -0.05) is 31.2 Å². The standard InChI is InChI=1S/C16H18N2O3/c1-2-10-17-12-13-6-5-7-14(11-13)21-16-9-4-3-8-15(16)18(19)20/h3-9,11,17H,2,10,12H2,1H3. The minimum Gasteiger partial charge on any atom is -0.450 e. The second-order valence-corrected chi connectivity index (χ2v) is 4.65. The minimum absolute atomic E-state index is 0.0352. The smallest absolute Gasteiger partial charge is 0.311 e. The number of para-hydroxylation sites is 2. The van der Waals surface area contributed by atoms with Gasteiger partial charge in [-0.05, 0) is 36.7 Å². The summed E-state index contributed by atoms with van der Waals surface area (Å²) in [4.78, 5) is 10.5. The molecule has 0 bridgehead atoms. The molecule has 0 atom stereocenters. The monoisotopic (exact) mass is 286 g/mol. The van der Waals surface area contributed by atoms with Crippen molar-refractivity contribution in [2.24, 2.45) is 0 Å². The number of ether oxygens (including phenoxy) is 1. The molecule has 5 nitrogen and oxygen atoms in total.